The molecule has 1 aromatic heterocycles. The van der Waals surface area contributed by atoms with Crippen molar-refractivity contribution in [2.75, 3.05) is 19.6 Å². The molecule has 1 aliphatic heterocycles. The molecule has 1 N–H and O–H groups in total. The van der Waals surface area contributed by atoms with Crippen molar-refractivity contribution in [2.45, 2.75) is 25.7 Å². The van der Waals surface area contributed by atoms with Crippen LogP contribution in [-0.2, 0) is 4.79 Å². The lowest BCUT2D eigenvalue weighted by Crippen LogP contribution is -2.44. The Kier molecular flexibility index (Phi) is 5.39. The third-order valence-electron chi connectivity index (χ3n) is 5.11. The van der Waals surface area contributed by atoms with Gasteiger partial charge in [-0.25, -0.2) is 4.98 Å². The maximum absolute atomic E-state index is 12.6. The Morgan fingerprint density at radius 2 is 2.07 bits per heavy atom. The van der Waals surface area contributed by atoms with Crippen LogP contribution in [0, 0.1) is 6.92 Å². The zero-order valence-corrected chi connectivity index (χ0v) is 16.7. The van der Waals surface area contributed by atoms with Gasteiger partial charge >= 0.3 is 0 Å². The van der Waals surface area contributed by atoms with Gasteiger partial charge in [0.15, 0.2) is 0 Å². The van der Waals surface area contributed by atoms with E-state index in [1.807, 2.05) is 48.2 Å². The summed E-state index contributed by atoms with van der Waals surface area (Å²) in [6.45, 7) is 3.37. The summed E-state index contributed by atoms with van der Waals surface area (Å²) in [6, 6.07) is 15.5. The van der Waals surface area contributed by atoms with Crippen LogP contribution in [0.2, 0.25) is 0 Å². The van der Waals surface area contributed by atoms with Crippen LogP contribution in [0.1, 0.15) is 39.7 Å². The van der Waals surface area contributed by atoms with Crippen molar-refractivity contribution in [1.29, 1.82) is 0 Å². The highest BCUT2D eigenvalue weighted by atomic mass is 32.1. The second-order valence-corrected chi connectivity index (χ2v) is 8.31. The predicted octanol–water partition coefficient (Wildman–Crippen LogP) is 3.74. The van der Waals surface area contributed by atoms with E-state index in [9.17, 15) is 9.59 Å². The van der Waals surface area contributed by atoms with Crippen molar-refractivity contribution < 1.29 is 9.59 Å². The van der Waals surface area contributed by atoms with Gasteiger partial charge in [0.05, 0.1) is 21.8 Å². The summed E-state index contributed by atoms with van der Waals surface area (Å²) in [6.07, 6.45) is 2.00. The summed E-state index contributed by atoms with van der Waals surface area (Å²) >= 11 is 1.72. The van der Waals surface area contributed by atoms with Crippen LogP contribution in [0.25, 0.3) is 10.2 Å². The third-order valence-corrected chi connectivity index (χ3v) is 6.31. The van der Waals surface area contributed by atoms with Gasteiger partial charge in [-0.1, -0.05) is 29.8 Å². The highest BCUT2D eigenvalue weighted by Gasteiger charge is 2.27. The number of carbonyl (C=O) groups excluding carboxylic acids is 2. The lowest BCUT2D eigenvalue weighted by atomic mass is 9.98. The number of piperidine rings is 1. The molecule has 1 fully saturated rings. The Balaban J connectivity index is 1.37. The number of nitrogens with zero attached hydrogens (tertiary/aromatic N) is 2. The van der Waals surface area contributed by atoms with E-state index in [1.165, 1.54) is 4.70 Å². The zero-order valence-electron chi connectivity index (χ0n) is 15.9. The molecule has 28 heavy (non-hydrogen) atoms. The van der Waals surface area contributed by atoms with Crippen molar-refractivity contribution in [3.05, 3.63) is 64.7 Å². The fraction of sp³-hybridized carbons (Fsp3) is 0.318. The van der Waals surface area contributed by atoms with Gasteiger partial charge in [-0.05, 0) is 44.0 Å². The van der Waals surface area contributed by atoms with Gasteiger partial charge in [-0.15, -0.1) is 11.3 Å². The Labute approximate surface area is 168 Å². The van der Waals surface area contributed by atoms with Gasteiger partial charge < -0.3 is 10.2 Å². The van der Waals surface area contributed by atoms with E-state index in [4.69, 9.17) is 4.98 Å². The molecule has 0 spiro atoms. The molecular formula is C22H23N3O2S. The number of amides is 2. The first-order valence-electron chi connectivity index (χ1n) is 9.58. The van der Waals surface area contributed by atoms with Gasteiger partial charge in [0, 0.05) is 24.6 Å². The minimum absolute atomic E-state index is 0.0271. The molecule has 2 heterocycles. The van der Waals surface area contributed by atoms with Crippen LogP contribution in [0.15, 0.2) is 48.5 Å². The maximum atomic E-state index is 12.6. The average Bonchev–Trinajstić information content (AvgIpc) is 3.16. The topological polar surface area (TPSA) is 62.3 Å². The summed E-state index contributed by atoms with van der Waals surface area (Å²) < 4.78 is 1.19. The Bertz CT molecular complexity index is 981. The molecule has 144 valence electrons. The molecule has 2 aromatic carbocycles. The SMILES string of the molecule is Cc1cccc(C(=O)NCC(=O)N2CCC[C@@H](c3nc4ccccc4s3)C2)c1. The number of carbonyl (C=O) groups is 2. The molecular weight excluding hydrogens is 370 g/mol. The number of nitrogens with one attached hydrogen (secondary N) is 1. The molecule has 2 amide bonds. The molecule has 3 aromatic rings. The quantitative estimate of drug-likeness (QED) is 0.734. The number of para-hydroxylation sites is 1. The van der Waals surface area contributed by atoms with Crippen LogP contribution in [-0.4, -0.2) is 41.3 Å². The molecule has 0 radical (unpaired) electrons. The summed E-state index contributed by atoms with van der Waals surface area (Å²) in [5.74, 6) is 0.0196. The summed E-state index contributed by atoms with van der Waals surface area (Å²) in [4.78, 5) is 31.5. The van der Waals surface area contributed by atoms with Crippen molar-refractivity contribution in [3.63, 3.8) is 0 Å². The van der Waals surface area contributed by atoms with Gasteiger partial charge in [-0.3, -0.25) is 9.59 Å². The van der Waals surface area contributed by atoms with Gasteiger partial charge in [-0.2, -0.15) is 0 Å². The first-order chi connectivity index (χ1) is 13.6. The van der Waals surface area contributed by atoms with Crippen LogP contribution in [0.4, 0.5) is 0 Å². The van der Waals surface area contributed by atoms with E-state index in [-0.39, 0.29) is 24.3 Å². The van der Waals surface area contributed by atoms with Crippen molar-refractivity contribution >= 4 is 33.4 Å². The monoisotopic (exact) mass is 393 g/mol. The number of fused-ring (bicyclic) bond motifs is 1. The lowest BCUT2D eigenvalue weighted by molar-refractivity contribution is -0.131. The molecule has 6 heteroatoms. The molecule has 5 nitrogen and oxygen atoms in total. The van der Waals surface area contributed by atoms with E-state index < -0.39 is 0 Å². The molecule has 0 saturated carbocycles. The van der Waals surface area contributed by atoms with Gasteiger partial charge in [0.25, 0.3) is 5.91 Å². The summed E-state index contributed by atoms with van der Waals surface area (Å²) in [5.41, 5.74) is 2.63. The number of hydrogen-bond donors (Lipinski definition) is 1. The molecule has 0 aliphatic carbocycles. The second kappa shape index (κ2) is 8.10. The Morgan fingerprint density at radius 1 is 1.21 bits per heavy atom. The average molecular weight is 394 g/mol. The highest BCUT2D eigenvalue weighted by molar-refractivity contribution is 7.18. The third kappa shape index (κ3) is 4.07. The Morgan fingerprint density at radius 3 is 2.89 bits per heavy atom. The minimum atomic E-state index is -0.211. The number of benzene rings is 2. The van der Waals surface area contributed by atoms with E-state index in [2.05, 4.69) is 11.4 Å². The number of aromatic nitrogens is 1. The van der Waals surface area contributed by atoms with Crippen LogP contribution < -0.4 is 5.32 Å². The number of thiazole rings is 1. The normalized spacial score (nSPS) is 16.9. The van der Waals surface area contributed by atoms with Crippen LogP contribution in [0.5, 0.6) is 0 Å². The van der Waals surface area contributed by atoms with Gasteiger partial charge in [0.2, 0.25) is 5.91 Å². The number of rotatable bonds is 4. The number of aryl methyl sites for hydroxylation is 1. The molecule has 0 bridgehead atoms. The number of likely N-dealkylation sites (tertiary alicyclic amines) is 1. The first-order valence-corrected chi connectivity index (χ1v) is 10.4. The van der Waals surface area contributed by atoms with Crippen molar-refractivity contribution in [1.82, 2.24) is 15.2 Å². The van der Waals surface area contributed by atoms with Crippen molar-refractivity contribution in [3.8, 4) is 0 Å². The largest absolute Gasteiger partial charge is 0.343 e. The Hall–Kier alpha value is -2.73. The minimum Gasteiger partial charge on any atom is -0.343 e. The van der Waals surface area contributed by atoms with E-state index in [1.54, 1.807) is 17.4 Å². The predicted molar refractivity (Wildman–Crippen MR) is 112 cm³/mol. The molecule has 0 unspecified atom stereocenters. The first kappa shape index (κ1) is 18.6. The van der Waals surface area contributed by atoms with E-state index >= 15 is 0 Å². The van der Waals surface area contributed by atoms with Crippen LogP contribution >= 0.6 is 11.3 Å². The van der Waals surface area contributed by atoms with E-state index in [0.717, 1.165) is 35.5 Å². The lowest BCUT2D eigenvalue weighted by Gasteiger charge is -2.32. The molecule has 1 aliphatic rings. The van der Waals surface area contributed by atoms with Crippen molar-refractivity contribution in [2.24, 2.45) is 0 Å². The fourth-order valence-corrected chi connectivity index (χ4v) is 4.72. The van der Waals surface area contributed by atoms with Crippen LogP contribution in [0.3, 0.4) is 0 Å². The smallest absolute Gasteiger partial charge is 0.251 e. The molecule has 1 atom stereocenters. The highest BCUT2D eigenvalue weighted by Crippen LogP contribution is 2.32. The summed E-state index contributed by atoms with van der Waals surface area (Å²) in [5, 5.41) is 3.86. The number of hydrogen-bond acceptors (Lipinski definition) is 4. The standard InChI is InChI=1S/C22H23N3O2S/c1-15-6-4-7-16(12-15)21(27)23-13-20(26)25-11-5-8-17(14-25)22-24-18-9-2-3-10-19(18)28-22/h2-4,6-7,9-10,12,17H,5,8,11,13-14H2,1H3,(H,23,27)/t17-/m1/s1. The second-order valence-electron chi connectivity index (χ2n) is 7.25. The zero-order chi connectivity index (χ0) is 19.5. The summed E-state index contributed by atoms with van der Waals surface area (Å²) in [7, 11) is 0. The molecule has 1 saturated heterocycles. The molecule has 4 rings (SSSR count). The fourth-order valence-electron chi connectivity index (χ4n) is 3.63. The van der Waals surface area contributed by atoms with E-state index in [0.29, 0.717) is 12.1 Å². The maximum Gasteiger partial charge on any atom is 0.251 e. The van der Waals surface area contributed by atoms with Gasteiger partial charge in [0.1, 0.15) is 0 Å².